The van der Waals surface area contributed by atoms with E-state index in [9.17, 15) is 4.79 Å². The summed E-state index contributed by atoms with van der Waals surface area (Å²) in [6.07, 6.45) is 0.881. The molecule has 0 fully saturated rings. The van der Waals surface area contributed by atoms with Crippen molar-refractivity contribution in [1.82, 2.24) is 5.32 Å². The summed E-state index contributed by atoms with van der Waals surface area (Å²) in [4.78, 5) is 10.5. The summed E-state index contributed by atoms with van der Waals surface area (Å²) in [5.41, 5.74) is 1.96. The molecule has 0 aliphatic carbocycles. The second-order valence-corrected chi connectivity index (χ2v) is 4.64. The van der Waals surface area contributed by atoms with Crippen molar-refractivity contribution in [1.29, 1.82) is 0 Å². The van der Waals surface area contributed by atoms with Gasteiger partial charge in [0.05, 0.1) is 6.42 Å². The predicted molar refractivity (Wildman–Crippen MR) is 70.4 cm³/mol. The summed E-state index contributed by atoms with van der Waals surface area (Å²) in [6, 6.07) is 7.59. The van der Waals surface area contributed by atoms with Crippen molar-refractivity contribution in [2.24, 2.45) is 5.92 Å². The van der Waals surface area contributed by atoms with Gasteiger partial charge in [0.2, 0.25) is 0 Å². The molecule has 1 rings (SSSR count). The second kappa shape index (κ2) is 7.84. The van der Waals surface area contributed by atoms with E-state index in [0.29, 0.717) is 5.92 Å². The van der Waals surface area contributed by atoms with Gasteiger partial charge in [-0.3, -0.25) is 4.79 Å². The molecule has 0 aliphatic rings. The van der Waals surface area contributed by atoms with Crippen LogP contribution in [0.3, 0.4) is 0 Å². The van der Waals surface area contributed by atoms with Gasteiger partial charge < -0.3 is 15.5 Å². The number of aliphatic carboxylic acids is 1. The Morgan fingerprint density at radius 2 is 1.89 bits per heavy atom. The minimum Gasteiger partial charge on any atom is -0.481 e. The molecule has 1 aromatic carbocycles. The number of nitrogens with one attached hydrogen (secondary N) is 1. The molecule has 1 unspecified atom stereocenters. The van der Waals surface area contributed by atoms with Crippen molar-refractivity contribution >= 4 is 5.97 Å². The van der Waals surface area contributed by atoms with Gasteiger partial charge in [-0.2, -0.15) is 0 Å². The van der Waals surface area contributed by atoms with Crippen molar-refractivity contribution in [3.05, 3.63) is 35.4 Å². The van der Waals surface area contributed by atoms with E-state index < -0.39 is 5.97 Å². The largest absolute Gasteiger partial charge is 0.481 e. The molecular weight excluding hydrogens is 230 g/mol. The minimum absolute atomic E-state index is 0.0707. The molecule has 0 radical (unpaired) electrons. The van der Waals surface area contributed by atoms with Gasteiger partial charge in [-0.25, -0.2) is 0 Å². The van der Waals surface area contributed by atoms with Crippen LogP contribution in [0.15, 0.2) is 24.3 Å². The van der Waals surface area contributed by atoms with E-state index >= 15 is 0 Å². The molecule has 18 heavy (non-hydrogen) atoms. The Balaban J connectivity index is 2.32. The van der Waals surface area contributed by atoms with Crippen molar-refractivity contribution in [3.8, 4) is 0 Å². The lowest BCUT2D eigenvalue weighted by Crippen LogP contribution is -2.21. The lowest BCUT2D eigenvalue weighted by molar-refractivity contribution is -0.136. The maximum atomic E-state index is 10.5. The normalized spacial score (nSPS) is 12.3. The Morgan fingerprint density at radius 1 is 1.28 bits per heavy atom. The van der Waals surface area contributed by atoms with E-state index in [0.717, 1.165) is 30.6 Å². The van der Waals surface area contributed by atoms with Crippen molar-refractivity contribution in [2.45, 2.75) is 26.3 Å². The zero-order chi connectivity index (χ0) is 13.4. The number of hydrogen-bond donors (Lipinski definition) is 3. The number of hydrogen-bond acceptors (Lipinski definition) is 3. The maximum Gasteiger partial charge on any atom is 0.307 e. The number of aliphatic hydroxyl groups excluding tert-OH is 1. The zero-order valence-electron chi connectivity index (χ0n) is 10.7. The lowest BCUT2D eigenvalue weighted by atomic mass is 10.1. The lowest BCUT2D eigenvalue weighted by Gasteiger charge is -2.11. The fourth-order valence-electron chi connectivity index (χ4n) is 1.73. The van der Waals surface area contributed by atoms with Crippen LogP contribution in [0.4, 0.5) is 0 Å². The Morgan fingerprint density at radius 3 is 2.44 bits per heavy atom. The molecule has 100 valence electrons. The molecule has 4 nitrogen and oxygen atoms in total. The highest BCUT2D eigenvalue weighted by Gasteiger charge is 2.02. The van der Waals surface area contributed by atoms with Gasteiger partial charge in [0.25, 0.3) is 0 Å². The van der Waals surface area contributed by atoms with Crippen LogP contribution >= 0.6 is 0 Å². The van der Waals surface area contributed by atoms with Gasteiger partial charge >= 0.3 is 5.97 Å². The quantitative estimate of drug-likeness (QED) is 0.653. The van der Waals surface area contributed by atoms with E-state index in [2.05, 4.69) is 12.2 Å². The van der Waals surface area contributed by atoms with Gasteiger partial charge in [-0.05, 0) is 30.0 Å². The molecule has 0 bridgehead atoms. The number of benzene rings is 1. The Labute approximate surface area is 108 Å². The van der Waals surface area contributed by atoms with Crippen LogP contribution in [-0.4, -0.2) is 29.3 Å². The van der Waals surface area contributed by atoms with Gasteiger partial charge in [0.1, 0.15) is 0 Å². The summed E-state index contributed by atoms with van der Waals surface area (Å²) in [5, 5.41) is 20.8. The number of aliphatic hydroxyl groups is 1. The van der Waals surface area contributed by atoms with Crippen LogP contribution in [0, 0.1) is 5.92 Å². The van der Waals surface area contributed by atoms with Gasteiger partial charge in [0, 0.05) is 13.2 Å². The topological polar surface area (TPSA) is 69.6 Å². The van der Waals surface area contributed by atoms with Crippen LogP contribution < -0.4 is 5.32 Å². The summed E-state index contributed by atoms with van der Waals surface area (Å²) < 4.78 is 0. The molecule has 4 heteroatoms. The average Bonchev–Trinajstić information content (AvgIpc) is 2.31. The summed E-state index contributed by atoms with van der Waals surface area (Å²) in [6.45, 7) is 3.96. The van der Waals surface area contributed by atoms with Crippen LogP contribution in [-0.2, 0) is 17.8 Å². The molecule has 0 saturated carbocycles. The third kappa shape index (κ3) is 5.80. The first-order valence-corrected chi connectivity index (χ1v) is 6.23. The first-order chi connectivity index (χ1) is 8.61. The highest BCUT2D eigenvalue weighted by atomic mass is 16.4. The third-order valence-corrected chi connectivity index (χ3v) is 2.82. The molecule has 1 atom stereocenters. The maximum absolute atomic E-state index is 10.5. The van der Waals surface area contributed by atoms with Crippen LogP contribution in [0.1, 0.15) is 24.5 Å². The van der Waals surface area contributed by atoms with Crippen LogP contribution in [0.2, 0.25) is 0 Å². The first kappa shape index (κ1) is 14.7. The Bertz CT molecular complexity index is 362. The van der Waals surface area contributed by atoms with E-state index in [-0.39, 0.29) is 13.0 Å². The average molecular weight is 251 g/mol. The summed E-state index contributed by atoms with van der Waals surface area (Å²) in [7, 11) is 0. The van der Waals surface area contributed by atoms with Crippen molar-refractivity contribution in [3.63, 3.8) is 0 Å². The fraction of sp³-hybridized carbons (Fsp3) is 0.500. The van der Waals surface area contributed by atoms with Gasteiger partial charge in [0.15, 0.2) is 0 Å². The number of carboxylic acid groups (broad SMARTS) is 1. The highest BCUT2D eigenvalue weighted by Crippen LogP contribution is 2.06. The molecule has 0 aliphatic heterocycles. The van der Waals surface area contributed by atoms with Gasteiger partial charge in [-0.15, -0.1) is 0 Å². The molecule has 0 saturated heterocycles. The third-order valence-electron chi connectivity index (χ3n) is 2.82. The highest BCUT2D eigenvalue weighted by molar-refractivity contribution is 5.70. The second-order valence-electron chi connectivity index (χ2n) is 4.64. The summed E-state index contributed by atoms with van der Waals surface area (Å²) in [5.74, 6) is -0.347. The van der Waals surface area contributed by atoms with Crippen molar-refractivity contribution in [2.75, 3.05) is 13.2 Å². The molecule has 3 N–H and O–H groups in total. The van der Waals surface area contributed by atoms with E-state index in [1.165, 1.54) is 0 Å². The number of carbonyl (C=O) groups is 1. The zero-order valence-corrected chi connectivity index (χ0v) is 10.7. The van der Waals surface area contributed by atoms with E-state index in [1.54, 1.807) is 0 Å². The monoisotopic (exact) mass is 251 g/mol. The van der Waals surface area contributed by atoms with Crippen molar-refractivity contribution < 1.29 is 15.0 Å². The number of rotatable bonds is 8. The molecule has 0 heterocycles. The fourth-order valence-corrected chi connectivity index (χ4v) is 1.73. The molecule has 0 aromatic heterocycles. The minimum atomic E-state index is -0.807. The van der Waals surface area contributed by atoms with E-state index in [1.807, 2.05) is 24.3 Å². The molecule has 0 amide bonds. The smallest absolute Gasteiger partial charge is 0.307 e. The Kier molecular flexibility index (Phi) is 6.39. The SMILES string of the molecule is CC(CCO)CNCc1ccc(CC(=O)O)cc1. The summed E-state index contributed by atoms with van der Waals surface area (Å²) >= 11 is 0. The number of carboxylic acids is 1. The first-order valence-electron chi connectivity index (χ1n) is 6.23. The molecule has 0 spiro atoms. The van der Waals surface area contributed by atoms with Crippen LogP contribution in [0.25, 0.3) is 0 Å². The van der Waals surface area contributed by atoms with Crippen LogP contribution in [0.5, 0.6) is 0 Å². The standard InChI is InChI=1S/C14H21NO3/c1-11(6-7-16)9-15-10-13-4-2-12(3-5-13)8-14(17)18/h2-5,11,15-16H,6-10H2,1H3,(H,17,18). The van der Waals surface area contributed by atoms with Gasteiger partial charge in [-0.1, -0.05) is 31.2 Å². The Hall–Kier alpha value is -1.39. The predicted octanol–water partition coefficient (Wildman–Crippen LogP) is 1.42. The molecule has 1 aromatic rings. The van der Waals surface area contributed by atoms with E-state index in [4.69, 9.17) is 10.2 Å². The molecular formula is C14H21NO3.